The highest BCUT2D eigenvalue weighted by Crippen LogP contribution is 2.35. The molecule has 0 unspecified atom stereocenters. The number of hydrogen-bond acceptors (Lipinski definition) is 5. The topological polar surface area (TPSA) is 77.8 Å². The molecule has 1 saturated heterocycles. The standard InChI is InChI=1S/C22H25F2N7O/c1-13-10-29(8-6-25-13)18-3-5-26-20-16(18)4-7-31(20)22(32)28-15-9-17(19(23)24)21-27-14(2)11-30(21)12-15/h3,5,9,11-13,19,25H,4,6-8,10H2,1-2H3,(H,28,32)/t13-/m0/s1. The van der Waals surface area contributed by atoms with Gasteiger partial charge in [0.2, 0.25) is 0 Å². The van der Waals surface area contributed by atoms with E-state index in [0.29, 0.717) is 30.5 Å². The molecule has 0 aromatic carbocycles. The van der Waals surface area contributed by atoms with Crippen LogP contribution in [0.5, 0.6) is 0 Å². The number of aryl methyl sites for hydroxylation is 1. The molecule has 5 rings (SSSR count). The van der Waals surface area contributed by atoms with Gasteiger partial charge in [0.15, 0.2) is 0 Å². The highest BCUT2D eigenvalue weighted by atomic mass is 19.3. The van der Waals surface area contributed by atoms with Crippen LogP contribution in [-0.4, -0.2) is 52.6 Å². The Balaban J connectivity index is 1.41. The average molecular weight is 441 g/mol. The van der Waals surface area contributed by atoms with Gasteiger partial charge in [0.25, 0.3) is 6.43 Å². The van der Waals surface area contributed by atoms with Crippen LogP contribution >= 0.6 is 0 Å². The molecule has 8 nitrogen and oxygen atoms in total. The number of urea groups is 1. The fourth-order valence-electron chi connectivity index (χ4n) is 4.59. The number of aromatic nitrogens is 3. The normalized spacial score (nSPS) is 18.5. The summed E-state index contributed by atoms with van der Waals surface area (Å²) in [5.74, 6) is 0.625. The second-order valence-electron chi connectivity index (χ2n) is 8.36. The SMILES string of the molecule is Cc1cn2cc(NC(=O)N3CCc4c(N5CCN[C@@H](C)C5)ccnc43)cc(C(F)F)c2n1. The Morgan fingerprint density at radius 1 is 1.31 bits per heavy atom. The van der Waals surface area contributed by atoms with Gasteiger partial charge in [-0.1, -0.05) is 0 Å². The summed E-state index contributed by atoms with van der Waals surface area (Å²) in [4.78, 5) is 25.6. The minimum atomic E-state index is -2.70. The van der Waals surface area contributed by atoms with Crippen LogP contribution in [-0.2, 0) is 6.42 Å². The smallest absolute Gasteiger partial charge is 0.327 e. The van der Waals surface area contributed by atoms with E-state index in [9.17, 15) is 13.6 Å². The number of carbonyl (C=O) groups is 1. The minimum Gasteiger partial charge on any atom is -0.368 e. The van der Waals surface area contributed by atoms with Crippen LogP contribution in [0.2, 0.25) is 0 Å². The Morgan fingerprint density at radius 2 is 2.16 bits per heavy atom. The Bertz CT molecular complexity index is 1180. The summed E-state index contributed by atoms with van der Waals surface area (Å²) in [6.45, 7) is 7.08. The fraction of sp³-hybridized carbons (Fsp3) is 0.409. The molecule has 0 saturated carbocycles. The highest BCUT2D eigenvalue weighted by molar-refractivity contribution is 6.03. The fourth-order valence-corrected chi connectivity index (χ4v) is 4.59. The van der Waals surface area contributed by atoms with E-state index >= 15 is 0 Å². The molecule has 2 N–H and O–H groups in total. The first-order chi connectivity index (χ1) is 15.4. The van der Waals surface area contributed by atoms with Crippen molar-refractivity contribution in [3.05, 3.63) is 47.5 Å². The third-order valence-electron chi connectivity index (χ3n) is 5.99. The lowest BCUT2D eigenvalue weighted by Crippen LogP contribution is -2.49. The first-order valence-corrected chi connectivity index (χ1v) is 10.7. The summed E-state index contributed by atoms with van der Waals surface area (Å²) in [6, 6.07) is 3.29. The molecule has 0 radical (unpaired) electrons. The lowest BCUT2D eigenvalue weighted by atomic mass is 10.1. The average Bonchev–Trinajstić information content (AvgIpc) is 3.35. The van der Waals surface area contributed by atoms with Crippen LogP contribution in [0.15, 0.2) is 30.7 Å². The number of imidazole rings is 1. The number of amides is 2. The highest BCUT2D eigenvalue weighted by Gasteiger charge is 2.31. The molecule has 1 atom stereocenters. The lowest BCUT2D eigenvalue weighted by molar-refractivity contribution is 0.152. The first kappa shape index (κ1) is 20.6. The maximum atomic E-state index is 13.6. The number of halogens is 2. The predicted molar refractivity (Wildman–Crippen MR) is 119 cm³/mol. The van der Waals surface area contributed by atoms with Crippen molar-refractivity contribution in [1.82, 2.24) is 19.7 Å². The van der Waals surface area contributed by atoms with Crippen molar-refractivity contribution in [2.24, 2.45) is 0 Å². The van der Waals surface area contributed by atoms with Gasteiger partial charge in [-0.25, -0.2) is 23.5 Å². The van der Waals surface area contributed by atoms with E-state index in [0.717, 1.165) is 30.9 Å². The largest absolute Gasteiger partial charge is 0.368 e. The van der Waals surface area contributed by atoms with Crippen molar-refractivity contribution in [1.29, 1.82) is 0 Å². The molecule has 3 aromatic rings. The van der Waals surface area contributed by atoms with Crippen molar-refractivity contribution in [3.63, 3.8) is 0 Å². The van der Waals surface area contributed by atoms with Gasteiger partial charge in [-0.15, -0.1) is 0 Å². The number of alkyl halides is 2. The van der Waals surface area contributed by atoms with Gasteiger partial charge >= 0.3 is 6.03 Å². The molecular formula is C22H25F2N7O. The van der Waals surface area contributed by atoms with E-state index in [-0.39, 0.29) is 16.9 Å². The minimum absolute atomic E-state index is 0.193. The van der Waals surface area contributed by atoms with Crippen LogP contribution in [0.4, 0.5) is 30.8 Å². The summed E-state index contributed by atoms with van der Waals surface area (Å²) in [5, 5.41) is 6.21. The van der Waals surface area contributed by atoms with Crippen LogP contribution in [0, 0.1) is 6.92 Å². The number of hydrogen-bond donors (Lipinski definition) is 2. The Hall–Kier alpha value is -3.27. The van der Waals surface area contributed by atoms with E-state index in [1.54, 1.807) is 30.4 Å². The number of nitrogens with one attached hydrogen (secondary N) is 2. The van der Waals surface area contributed by atoms with Gasteiger partial charge in [0.05, 0.1) is 16.9 Å². The molecule has 5 heterocycles. The monoisotopic (exact) mass is 441 g/mol. The van der Waals surface area contributed by atoms with E-state index in [1.807, 2.05) is 6.07 Å². The third-order valence-corrected chi connectivity index (χ3v) is 5.99. The third kappa shape index (κ3) is 3.64. The zero-order valence-electron chi connectivity index (χ0n) is 18.0. The molecule has 32 heavy (non-hydrogen) atoms. The second-order valence-corrected chi connectivity index (χ2v) is 8.36. The van der Waals surface area contributed by atoms with Crippen molar-refractivity contribution >= 4 is 28.9 Å². The summed E-state index contributed by atoms with van der Waals surface area (Å²) >= 11 is 0. The lowest BCUT2D eigenvalue weighted by Gasteiger charge is -2.34. The molecule has 2 amide bonds. The van der Waals surface area contributed by atoms with Gasteiger partial charge in [-0.05, 0) is 32.4 Å². The molecule has 0 spiro atoms. The van der Waals surface area contributed by atoms with Gasteiger partial charge < -0.3 is 19.9 Å². The number of carbonyl (C=O) groups excluding carboxylic acids is 1. The number of pyridine rings is 2. The van der Waals surface area contributed by atoms with Gasteiger partial charge in [-0.2, -0.15) is 0 Å². The summed E-state index contributed by atoms with van der Waals surface area (Å²) in [5.41, 5.74) is 3.04. The maximum Gasteiger partial charge on any atom is 0.327 e. The summed E-state index contributed by atoms with van der Waals surface area (Å²) in [6.07, 6.45) is 2.98. The second kappa shape index (κ2) is 8.01. The van der Waals surface area contributed by atoms with Gasteiger partial charge in [0.1, 0.15) is 11.5 Å². The van der Waals surface area contributed by atoms with Crippen molar-refractivity contribution in [3.8, 4) is 0 Å². The molecule has 3 aromatic heterocycles. The number of rotatable bonds is 3. The summed E-state index contributed by atoms with van der Waals surface area (Å²) < 4.78 is 28.7. The number of nitrogens with zero attached hydrogens (tertiary/aromatic N) is 5. The zero-order chi connectivity index (χ0) is 22.4. The zero-order valence-corrected chi connectivity index (χ0v) is 18.0. The Morgan fingerprint density at radius 3 is 2.94 bits per heavy atom. The van der Waals surface area contributed by atoms with Crippen LogP contribution in [0.1, 0.15) is 30.2 Å². The molecule has 2 aliphatic heterocycles. The molecular weight excluding hydrogens is 416 g/mol. The van der Waals surface area contributed by atoms with Crippen LogP contribution < -0.4 is 20.4 Å². The van der Waals surface area contributed by atoms with E-state index in [1.165, 1.54) is 10.5 Å². The van der Waals surface area contributed by atoms with Crippen LogP contribution in [0.25, 0.3) is 5.65 Å². The first-order valence-electron chi connectivity index (χ1n) is 10.7. The molecule has 2 aliphatic rings. The maximum absolute atomic E-state index is 13.6. The quantitative estimate of drug-likeness (QED) is 0.652. The Kier molecular flexibility index (Phi) is 5.16. The van der Waals surface area contributed by atoms with Crippen molar-refractivity contribution in [2.45, 2.75) is 32.7 Å². The van der Waals surface area contributed by atoms with E-state index in [2.05, 4.69) is 32.4 Å². The van der Waals surface area contributed by atoms with Gasteiger partial charge in [-0.3, -0.25) is 4.90 Å². The summed E-state index contributed by atoms with van der Waals surface area (Å²) in [7, 11) is 0. The molecule has 0 bridgehead atoms. The number of anilines is 3. The van der Waals surface area contributed by atoms with E-state index < -0.39 is 12.5 Å². The van der Waals surface area contributed by atoms with Gasteiger partial charge in [0, 0.05) is 62.1 Å². The number of piperazine rings is 1. The van der Waals surface area contributed by atoms with Crippen molar-refractivity contribution in [2.75, 3.05) is 41.3 Å². The predicted octanol–water partition coefficient (Wildman–Crippen LogP) is 3.37. The van der Waals surface area contributed by atoms with E-state index in [4.69, 9.17) is 0 Å². The van der Waals surface area contributed by atoms with Crippen LogP contribution in [0.3, 0.4) is 0 Å². The molecule has 10 heteroatoms. The van der Waals surface area contributed by atoms with Crippen molar-refractivity contribution < 1.29 is 13.6 Å². The molecule has 1 fully saturated rings. The number of fused-ring (bicyclic) bond motifs is 2. The Labute approximate surface area is 184 Å². The molecule has 168 valence electrons. The molecule has 0 aliphatic carbocycles.